The van der Waals surface area contributed by atoms with E-state index in [2.05, 4.69) is 0 Å². The molecule has 2 nitrogen and oxygen atoms in total. The third kappa shape index (κ3) is 3.02. The fourth-order valence-electron chi connectivity index (χ4n) is 1.22. The van der Waals surface area contributed by atoms with Crippen LogP contribution in [0.5, 0.6) is 0 Å². The smallest absolute Gasteiger partial charge is 0.0403 e. The van der Waals surface area contributed by atoms with Crippen LogP contribution < -0.4 is 11.5 Å². The molecule has 0 radical (unpaired) electrons. The van der Waals surface area contributed by atoms with Crippen molar-refractivity contribution in [3.63, 3.8) is 0 Å². The van der Waals surface area contributed by atoms with Crippen LogP contribution >= 0.6 is 36.2 Å². The predicted molar refractivity (Wildman–Crippen MR) is 73.1 cm³/mol. The maximum atomic E-state index is 5.83. The Morgan fingerprint density at radius 2 is 1.73 bits per heavy atom. The first-order valence-electron chi connectivity index (χ1n) is 3.96. The second-order valence-corrected chi connectivity index (χ2v) is 3.77. The summed E-state index contributed by atoms with van der Waals surface area (Å²) in [7, 11) is 0. The summed E-state index contributed by atoms with van der Waals surface area (Å²) in [5, 5.41) is 2.03. The number of halogens is 2. The van der Waals surface area contributed by atoms with Crippen molar-refractivity contribution in [2.24, 2.45) is 0 Å². The van der Waals surface area contributed by atoms with E-state index >= 15 is 0 Å². The lowest BCUT2D eigenvalue weighted by Gasteiger charge is -2.03. The van der Waals surface area contributed by atoms with E-state index in [-0.39, 0.29) is 24.8 Å². The van der Waals surface area contributed by atoms with Crippen LogP contribution in [0, 0.1) is 0 Å². The predicted octanol–water partition coefficient (Wildman–Crippen LogP) is 3.42. The minimum Gasteiger partial charge on any atom is -0.399 e. The molecule has 0 fully saturated rings. The number of nitrogens with two attached hydrogens (primary N) is 2. The molecule has 1 aromatic carbocycles. The van der Waals surface area contributed by atoms with Gasteiger partial charge in [-0.05, 0) is 29.6 Å². The van der Waals surface area contributed by atoms with E-state index < -0.39 is 0 Å². The summed E-state index contributed by atoms with van der Waals surface area (Å²) in [5.41, 5.74) is 14.1. The first-order chi connectivity index (χ1) is 6.27. The lowest BCUT2D eigenvalue weighted by atomic mass is 10.1. The van der Waals surface area contributed by atoms with Crippen LogP contribution in [0.1, 0.15) is 0 Å². The second-order valence-electron chi connectivity index (χ2n) is 2.82. The first kappa shape index (κ1) is 14.1. The molecule has 82 valence electrons. The summed E-state index contributed by atoms with van der Waals surface area (Å²) < 4.78 is 0. The number of rotatable bonds is 1. The molecule has 0 spiro atoms. The van der Waals surface area contributed by atoms with Gasteiger partial charge in [0, 0.05) is 21.8 Å². The van der Waals surface area contributed by atoms with E-state index in [0.29, 0.717) is 0 Å². The SMILES string of the molecule is Cl.Cl.Nc1ccc(N)c(-c2cccs2)c1. The maximum absolute atomic E-state index is 5.83. The topological polar surface area (TPSA) is 52.0 Å². The molecule has 1 heterocycles. The van der Waals surface area contributed by atoms with Crippen molar-refractivity contribution in [1.82, 2.24) is 0 Å². The summed E-state index contributed by atoms with van der Waals surface area (Å²) in [5.74, 6) is 0. The minimum atomic E-state index is 0. The van der Waals surface area contributed by atoms with Crippen molar-refractivity contribution >= 4 is 47.5 Å². The van der Waals surface area contributed by atoms with Gasteiger partial charge >= 0.3 is 0 Å². The van der Waals surface area contributed by atoms with Crippen molar-refractivity contribution in [2.75, 3.05) is 11.5 Å². The summed E-state index contributed by atoms with van der Waals surface area (Å²) >= 11 is 1.66. The lowest BCUT2D eigenvalue weighted by Crippen LogP contribution is -1.91. The van der Waals surface area contributed by atoms with Gasteiger partial charge in [0.1, 0.15) is 0 Å². The fourth-order valence-corrected chi connectivity index (χ4v) is 1.98. The molecular formula is C10H12Cl2N2S. The van der Waals surface area contributed by atoms with Crippen molar-refractivity contribution in [3.05, 3.63) is 35.7 Å². The van der Waals surface area contributed by atoms with Gasteiger partial charge in [-0.25, -0.2) is 0 Å². The van der Waals surface area contributed by atoms with E-state index in [1.54, 1.807) is 11.3 Å². The van der Waals surface area contributed by atoms with Crippen LogP contribution in [0.2, 0.25) is 0 Å². The van der Waals surface area contributed by atoms with Gasteiger partial charge in [-0.1, -0.05) is 6.07 Å². The van der Waals surface area contributed by atoms with Crippen LogP contribution in [0.3, 0.4) is 0 Å². The van der Waals surface area contributed by atoms with Gasteiger partial charge in [-0.15, -0.1) is 36.2 Å². The van der Waals surface area contributed by atoms with Gasteiger partial charge in [0.05, 0.1) is 0 Å². The van der Waals surface area contributed by atoms with Gasteiger partial charge in [0.15, 0.2) is 0 Å². The average molecular weight is 263 g/mol. The first-order valence-corrected chi connectivity index (χ1v) is 4.84. The Hall–Kier alpha value is -0.900. The largest absolute Gasteiger partial charge is 0.399 e. The minimum absolute atomic E-state index is 0. The maximum Gasteiger partial charge on any atom is 0.0403 e. The van der Waals surface area contributed by atoms with Gasteiger partial charge in [-0.3, -0.25) is 0 Å². The Bertz CT molecular complexity index is 415. The highest BCUT2D eigenvalue weighted by Crippen LogP contribution is 2.31. The summed E-state index contributed by atoms with van der Waals surface area (Å²) in [4.78, 5) is 1.16. The Balaban J connectivity index is 0.000000980. The Morgan fingerprint density at radius 3 is 2.33 bits per heavy atom. The van der Waals surface area contributed by atoms with E-state index in [0.717, 1.165) is 21.8 Å². The number of thiophene rings is 1. The Kier molecular flexibility index (Phi) is 5.50. The molecule has 4 N–H and O–H groups in total. The fraction of sp³-hybridized carbons (Fsp3) is 0. The number of nitrogen functional groups attached to an aromatic ring is 2. The molecule has 0 unspecified atom stereocenters. The van der Waals surface area contributed by atoms with Crippen LogP contribution in [-0.2, 0) is 0 Å². The quantitative estimate of drug-likeness (QED) is 0.774. The number of hydrogen-bond donors (Lipinski definition) is 2. The molecule has 5 heteroatoms. The standard InChI is InChI=1S/C10H10N2S.2ClH/c11-7-3-4-9(12)8(6-7)10-2-1-5-13-10;;/h1-6H,11-12H2;2*1H. The molecule has 0 aliphatic heterocycles. The zero-order valence-electron chi connectivity index (χ0n) is 7.84. The highest BCUT2D eigenvalue weighted by molar-refractivity contribution is 7.13. The third-order valence-electron chi connectivity index (χ3n) is 1.86. The van der Waals surface area contributed by atoms with Crippen molar-refractivity contribution in [1.29, 1.82) is 0 Å². The second kappa shape index (κ2) is 5.85. The molecule has 0 aliphatic rings. The molecular weight excluding hydrogens is 251 g/mol. The monoisotopic (exact) mass is 262 g/mol. The van der Waals surface area contributed by atoms with E-state index in [1.807, 2.05) is 35.7 Å². The molecule has 0 aliphatic carbocycles. The van der Waals surface area contributed by atoms with Gasteiger partial charge in [0.25, 0.3) is 0 Å². The van der Waals surface area contributed by atoms with Gasteiger partial charge < -0.3 is 11.5 Å². The number of benzene rings is 1. The van der Waals surface area contributed by atoms with E-state index in [1.165, 1.54) is 0 Å². The van der Waals surface area contributed by atoms with Crippen molar-refractivity contribution in [3.8, 4) is 10.4 Å². The van der Waals surface area contributed by atoms with E-state index in [9.17, 15) is 0 Å². The summed E-state index contributed by atoms with van der Waals surface area (Å²) in [6.45, 7) is 0. The lowest BCUT2D eigenvalue weighted by molar-refractivity contribution is 1.66. The van der Waals surface area contributed by atoms with Crippen LogP contribution in [0.25, 0.3) is 10.4 Å². The molecule has 0 saturated carbocycles. The molecule has 1 aromatic heterocycles. The molecule has 2 rings (SSSR count). The van der Waals surface area contributed by atoms with Gasteiger partial charge in [0.2, 0.25) is 0 Å². The number of anilines is 2. The van der Waals surface area contributed by atoms with E-state index in [4.69, 9.17) is 11.5 Å². The average Bonchev–Trinajstić information content (AvgIpc) is 2.61. The molecule has 0 amide bonds. The van der Waals surface area contributed by atoms with Gasteiger partial charge in [-0.2, -0.15) is 0 Å². The molecule has 0 bridgehead atoms. The zero-order valence-corrected chi connectivity index (χ0v) is 10.3. The number of hydrogen-bond acceptors (Lipinski definition) is 3. The van der Waals surface area contributed by atoms with Crippen LogP contribution in [0.15, 0.2) is 35.7 Å². The molecule has 15 heavy (non-hydrogen) atoms. The summed E-state index contributed by atoms with van der Waals surface area (Å²) in [6, 6.07) is 9.59. The molecule has 0 atom stereocenters. The van der Waals surface area contributed by atoms with Crippen LogP contribution in [0.4, 0.5) is 11.4 Å². The normalized spacial score (nSPS) is 8.80. The summed E-state index contributed by atoms with van der Waals surface area (Å²) in [6.07, 6.45) is 0. The van der Waals surface area contributed by atoms with Crippen molar-refractivity contribution < 1.29 is 0 Å². The van der Waals surface area contributed by atoms with Crippen molar-refractivity contribution in [2.45, 2.75) is 0 Å². The highest BCUT2D eigenvalue weighted by atomic mass is 35.5. The molecule has 0 saturated heterocycles. The third-order valence-corrected chi connectivity index (χ3v) is 2.77. The Labute approximate surface area is 105 Å². The van der Waals surface area contributed by atoms with Crippen LogP contribution in [-0.4, -0.2) is 0 Å². The zero-order chi connectivity index (χ0) is 9.26. The Morgan fingerprint density at radius 1 is 1.00 bits per heavy atom. The highest BCUT2D eigenvalue weighted by Gasteiger charge is 2.02. The molecule has 2 aromatic rings.